The van der Waals surface area contributed by atoms with Crippen molar-refractivity contribution >= 4 is 34.6 Å². The topological polar surface area (TPSA) is 42.0 Å². The van der Waals surface area contributed by atoms with Gasteiger partial charge in [-0.25, -0.2) is 0 Å². The number of aromatic nitrogens is 1. The number of benzene rings is 2. The molecule has 1 aromatic heterocycles. The average Bonchev–Trinajstić information content (AvgIpc) is 2.61. The Morgan fingerprint density at radius 2 is 1.72 bits per heavy atom. The molecule has 1 heterocycles. The number of pyridine rings is 1. The second-order valence-electron chi connectivity index (χ2n) is 7.05. The Balaban J connectivity index is 1.99. The highest BCUT2D eigenvalue weighted by Gasteiger charge is 2.22. The molecule has 0 unspecified atom stereocenters. The number of nitrogens with one attached hydrogen (secondary N) is 1. The summed E-state index contributed by atoms with van der Waals surface area (Å²) < 4.78 is 0. The number of rotatable bonds is 3. The van der Waals surface area contributed by atoms with E-state index in [9.17, 15) is 4.79 Å². The monoisotopic (exact) mass is 330 g/mol. The van der Waals surface area contributed by atoms with Crippen LogP contribution in [0.15, 0.2) is 60.8 Å². The van der Waals surface area contributed by atoms with Crippen LogP contribution < -0.4 is 5.32 Å². The molecule has 0 atom stereocenters. The summed E-state index contributed by atoms with van der Waals surface area (Å²) in [6.07, 6.45) is 5.91. The van der Waals surface area contributed by atoms with Crippen LogP contribution in [0.25, 0.3) is 23.1 Å². The number of nitrogens with zero attached hydrogens (tertiary/aromatic N) is 1. The summed E-state index contributed by atoms with van der Waals surface area (Å²) in [4.78, 5) is 16.8. The van der Waals surface area contributed by atoms with Crippen molar-refractivity contribution in [3.05, 3.63) is 71.9 Å². The summed E-state index contributed by atoms with van der Waals surface area (Å²) in [5, 5.41) is 4.02. The van der Waals surface area contributed by atoms with Gasteiger partial charge in [0.1, 0.15) is 0 Å². The molecule has 0 aliphatic carbocycles. The number of carbonyl (C=O) groups is 1. The highest BCUT2D eigenvalue weighted by molar-refractivity contribution is 6.04. The Hall–Kier alpha value is -2.94. The molecule has 0 fully saturated rings. The Bertz CT molecular complexity index is 922. The van der Waals surface area contributed by atoms with Gasteiger partial charge in [0.15, 0.2) is 0 Å². The van der Waals surface area contributed by atoms with Crippen molar-refractivity contribution in [2.75, 3.05) is 5.32 Å². The molecular formula is C22H22N2O. The van der Waals surface area contributed by atoms with E-state index in [2.05, 4.69) is 34.6 Å². The van der Waals surface area contributed by atoms with Crippen LogP contribution in [0.1, 0.15) is 31.9 Å². The SMILES string of the molecule is CC(C)(C)C(=O)Nc1ccc(C=Cc2ccccc2)c2cccnc12. The van der Waals surface area contributed by atoms with Gasteiger partial charge in [0, 0.05) is 17.0 Å². The Labute approximate surface area is 148 Å². The molecule has 1 N–H and O–H groups in total. The van der Waals surface area contributed by atoms with Gasteiger partial charge in [-0.3, -0.25) is 9.78 Å². The van der Waals surface area contributed by atoms with Crippen molar-refractivity contribution in [3.8, 4) is 0 Å². The minimum absolute atomic E-state index is 0.0213. The smallest absolute Gasteiger partial charge is 0.229 e. The lowest BCUT2D eigenvalue weighted by atomic mass is 9.95. The minimum atomic E-state index is -0.451. The number of carbonyl (C=O) groups excluding carboxylic acids is 1. The zero-order valence-corrected chi connectivity index (χ0v) is 14.8. The van der Waals surface area contributed by atoms with Gasteiger partial charge in [-0.1, -0.05) is 75.4 Å². The summed E-state index contributed by atoms with van der Waals surface area (Å²) in [6, 6.07) is 18.0. The van der Waals surface area contributed by atoms with Gasteiger partial charge in [-0.05, 0) is 23.3 Å². The normalized spacial score (nSPS) is 11.8. The summed E-state index contributed by atoms with van der Waals surface area (Å²) >= 11 is 0. The molecule has 3 nitrogen and oxygen atoms in total. The van der Waals surface area contributed by atoms with E-state index in [0.29, 0.717) is 0 Å². The van der Waals surface area contributed by atoms with Crippen LogP contribution in [0.4, 0.5) is 5.69 Å². The zero-order valence-electron chi connectivity index (χ0n) is 14.8. The lowest BCUT2D eigenvalue weighted by molar-refractivity contribution is -0.123. The number of amides is 1. The summed E-state index contributed by atoms with van der Waals surface area (Å²) in [5.41, 5.74) is 3.31. The number of fused-ring (bicyclic) bond motifs is 1. The van der Waals surface area contributed by atoms with Crippen molar-refractivity contribution in [1.29, 1.82) is 0 Å². The quantitative estimate of drug-likeness (QED) is 0.654. The molecule has 1 amide bonds. The minimum Gasteiger partial charge on any atom is -0.324 e. The van der Waals surface area contributed by atoms with Gasteiger partial charge >= 0.3 is 0 Å². The predicted molar refractivity (Wildman–Crippen MR) is 105 cm³/mol. The maximum Gasteiger partial charge on any atom is 0.229 e. The standard InChI is InChI=1S/C22H22N2O/c1-22(2,3)21(25)24-19-14-13-17(18-10-7-15-23-20(18)19)12-11-16-8-5-4-6-9-16/h4-15H,1-3H3,(H,24,25). The van der Waals surface area contributed by atoms with Gasteiger partial charge < -0.3 is 5.32 Å². The van der Waals surface area contributed by atoms with Crippen LogP contribution in [-0.2, 0) is 4.79 Å². The van der Waals surface area contributed by atoms with Crippen LogP contribution in [0.5, 0.6) is 0 Å². The second-order valence-corrected chi connectivity index (χ2v) is 7.05. The summed E-state index contributed by atoms with van der Waals surface area (Å²) in [6.45, 7) is 5.69. The molecular weight excluding hydrogens is 308 g/mol. The van der Waals surface area contributed by atoms with Crippen LogP contribution in [0, 0.1) is 5.41 Å². The van der Waals surface area contributed by atoms with Crippen LogP contribution >= 0.6 is 0 Å². The Morgan fingerprint density at radius 3 is 2.44 bits per heavy atom. The highest BCUT2D eigenvalue weighted by atomic mass is 16.2. The van der Waals surface area contributed by atoms with E-state index in [1.54, 1.807) is 6.20 Å². The molecule has 126 valence electrons. The van der Waals surface area contributed by atoms with E-state index in [4.69, 9.17) is 0 Å². The first kappa shape index (κ1) is 16.9. The lowest BCUT2D eigenvalue weighted by Gasteiger charge is -2.18. The highest BCUT2D eigenvalue weighted by Crippen LogP contribution is 2.27. The third-order valence-electron chi connectivity index (χ3n) is 3.99. The van der Waals surface area contributed by atoms with Gasteiger partial charge in [0.25, 0.3) is 0 Å². The molecule has 0 saturated heterocycles. The van der Waals surface area contributed by atoms with E-state index in [1.165, 1.54) is 0 Å². The zero-order chi connectivity index (χ0) is 17.9. The van der Waals surface area contributed by atoms with Gasteiger partial charge in [0.05, 0.1) is 11.2 Å². The van der Waals surface area contributed by atoms with Crippen molar-refractivity contribution < 1.29 is 4.79 Å². The lowest BCUT2D eigenvalue weighted by Crippen LogP contribution is -2.27. The van der Waals surface area contributed by atoms with Gasteiger partial charge in [-0.15, -0.1) is 0 Å². The third kappa shape index (κ3) is 3.94. The number of hydrogen-bond donors (Lipinski definition) is 1. The first-order valence-electron chi connectivity index (χ1n) is 8.37. The molecule has 2 aromatic carbocycles. The van der Waals surface area contributed by atoms with Crippen molar-refractivity contribution in [1.82, 2.24) is 4.98 Å². The molecule has 0 aliphatic rings. The molecule has 3 aromatic rings. The largest absolute Gasteiger partial charge is 0.324 e. The second kappa shape index (κ2) is 6.89. The van der Waals surface area contributed by atoms with Gasteiger partial charge in [-0.2, -0.15) is 0 Å². The van der Waals surface area contributed by atoms with E-state index >= 15 is 0 Å². The van der Waals surface area contributed by atoms with Crippen molar-refractivity contribution in [2.45, 2.75) is 20.8 Å². The molecule has 25 heavy (non-hydrogen) atoms. The molecule has 0 aliphatic heterocycles. The first-order valence-corrected chi connectivity index (χ1v) is 8.37. The molecule has 0 saturated carbocycles. The average molecular weight is 330 g/mol. The van der Waals surface area contributed by atoms with Crippen LogP contribution in [0.3, 0.4) is 0 Å². The molecule has 0 radical (unpaired) electrons. The first-order chi connectivity index (χ1) is 11.9. The molecule has 0 spiro atoms. The predicted octanol–water partition coefficient (Wildman–Crippen LogP) is 5.39. The van der Waals surface area contributed by atoms with Crippen molar-refractivity contribution in [3.63, 3.8) is 0 Å². The van der Waals surface area contributed by atoms with E-state index < -0.39 is 5.41 Å². The maximum atomic E-state index is 12.3. The third-order valence-corrected chi connectivity index (χ3v) is 3.99. The number of hydrogen-bond acceptors (Lipinski definition) is 2. The van der Waals surface area contributed by atoms with E-state index in [-0.39, 0.29) is 5.91 Å². The molecule has 0 bridgehead atoms. The Kier molecular flexibility index (Phi) is 4.66. The number of anilines is 1. The Morgan fingerprint density at radius 1 is 0.960 bits per heavy atom. The fourth-order valence-corrected chi connectivity index (χ4v) is 2.50. The van der Waals surface area contributed by atoms with Crippen LogP contribution in [0.2, 0.25) is 0 Å². The van der Waals surface area contributed by atoms with Crippen molar-refractivity contribution in [2.24, 2.45) is 5.41 Å². The van der Waals surface area contributed by atoms with E-state index in [1.807, 2.05) is 63.2 Å². The fraction of sp³-hybridized carbons (Fsp3) is 0.182. The van der Waals surface area contributed by atoms with Crippen LogP contribution in [-0.4, -0.2) is 10.9 Å². The molecule has 3 heteroatoms. The summed E-state index contributed by atoms with van der Waals surface area (Å²) in [7, 11) is 0. The van der Waals surface area contributed by atoms with E-state index in [0.717, 1.165) is 27.7 Å². The maximum absolute atomic E-state index is 12.3. The van der Waals surface area contributed by atoms with Gasteiger partial charge in [0.2, 0.25) is 5.91 Å². The fourth-order valence-electron chi connectivity index (χ4n) is 2.50. The molecule has 3 rings (SSSR count). The summed E-state index contributed by atoms with van der Waals surface area (Å²) in [5.74, 6) is -0.0213.